The second kappa shape index (κ2) is 5.41. The summed E-state index contributed by atoms with van der Waals surface area (Å²) in [4.78, 5) is -0.153. The molecule has 0 heterocycles. The van der Waals surface area contributed by atoms with Crippen LogP contribution in [0.4, 0.5) is 5.69 Å². The summed E-state index contributed by atoms with van der Waals surface area (Å²) in [6, 6.07) is 3.96. The predicted molar refractivity (Wildman–Crippen MR) is 68.8 cm³/mol. The Labute approximate surface area is 110 Å². The van der Waals surface area contributed by atoms with Crippen molar-refractivity contribution < 1.29 is 18.6 Å². The fourth-order valence-corrected chi connectivity index (χ4v) is 2.94. The van der Waals surface area contributed by atoms with Crippen molar-refractivity contribution in [2.75, 3.05) is 18.9 Å². The number of sulfonamides is 1. The van der Waals surface area contributed by atoms with Crippen LogP contribution in [0.2, 0.25) is 5.02 Å². The number of benzene rings is 1. The minimum absolute atomic E-state index is 0.00627. The first kappa shape index (κ1) is 15.2. The summed E-state index contributed by atoms with van der Waals surface area (Å²) in [5.41, 5.74) is 4.22. The third kappa shape index (κ3) is 3.33. The summed E-state index contributed by atoms with van der Waals surface area (Å²) in [6.07, 6.45) is 0. The van der Waals surface area contributed by atoms with Crippen molar-refractivity contribution in [2.45, 2.75) is 17.4 Å². The van der Waals surface area contributed by atoms with Crippen molar-refractivity contribution in [1.29, 1.82) is 0 Å². The molecule has 1 aromatic rings. The molecule has 0 saturated carbocycles. The second-order valence-corrected chi connectivity index (χ2v) is 6.25. The zero-order chi connectivity index (χ0) is 14.0. The van der Waals surface area contributed by atoms with Crippen LogP contribution < -0.4 is 10.5 Å². The molecule has 0 atom stereocenters. The maximum Gasteiger partial charge on any atom is 0.243 e. The highest BCUT2D eigenvalue weighted by Gasteiger charge is 2.30. The van der Waals surface area contributed by atoms with Gasteiger partial charge in [-0.15, -0.1) is 0 Å². The Bertz CT molecular complexity index is 529. The monoisotopic (exact) mass is 294 g/mol. The van der Waals surface area contributed by atoms with Gasteiger partial charge in [0.1, 0.15) is 4.90 Å². The fourth-order valence-electron chi connectivity index (χ4n) is 1.26. The lowest BCUT2D eigenvalue weighted by atomic mass is 10.1. The highest BCUT2D eigenvalue weighted by molar-refractivity contribution is 7.89. The number of nitrogens with one attached hydrogen (secondary N) is 1. The molecule has 0 saturated heterocycles. The Morgan fingerprint density at radius 3 is 2.39 bits per heavy atom. The van der Waals surface area contributed by atoms with Gasteiger partial charge < -0.3 is 15.9 Å². The number of hydrogen-bond acceptors (Lipinski definition) is 5. The van der Waals surface area contributed by atoms with Gasteiger partial charge in [0, 0.05) is 5.02 Å². The smallest absolute Gasteiger partial charge is 0.243 e. The number of anilines is 1. The van der Waals surface area contributed by atoms with E-state index in [0.29, 0.717) is 5.02 Å². The molecule has 1 rings (SSSR count). The number of aliphatic hydroxyl groups is 2. The van der Waals surface area contributed by atoms with Gasteiger partial charge in [-0.1, -0.05) is 11.6 Å². The lowest BCUT2D eigenvalue weighted by Crippen LogP contribution is -2.51. The van der Waals surface area contributed by atoms with Gasteiger partial charge in [-0.25, -0.2) is 13.1 Å². The zero-order valence-electron chi connectivity index (χ0n) is 9.72. The second-order valence-electron chi connectivity index (χ2n) is 4.16. The van der Waals surface area contributed by atoms with E-state index in [-0.39, 0.29) is 10.6 Å². The van der Waals surface area contributed by atoms with Gasteiger partial charge in [0.2, 0.25) is 10.0 Å². The normalized spacial score (nSPS) is 12.7. The number of nitrogens with two attached hydrogens (primary N) is 1. The van der Waals surface area contributed by atoms with Crippen LogP contribution in [0.25, 0.3) is 0 Å². The molecule has 18 heavy (non-hydrogen) atoms. The summed E-state index contributed by atoms with van der Waals surface area (Å²) in [6.45, 7) is 0.281. The molecule has 0 aromatic heterocycles. The average molecular weight is 295 g/mol. The van der Waals surface area contributed by atoms with Crippen LogP contribution in [0.1, 0.15) is 6.92 Å². The van der Waals surface area contributed by atoms with Crippen molar-refractivity contribution in [1.82, 2.24) is 4.72 Å². The molecule has 0 aliphatic rings. The summed E-state index contributed by atoms with van der Waals surface area (Å²) < 4.78 is 26.3. The molecule has 8 heteroatoms. The van der Waals surface area contributed by atoms with Crippen LogP contribution in [0.5, 0.6) is 0 Å². The average Bonchev–Trinajstić information content (AvgIpc) is 2.27. The van der Waals surface area contributed by atoms with E-state index in [1.165, 1.54) is 25.1 Å². The highest BCUT2D eigenvalue weighted by Crippen LogP contribution is 2.23. The summed E-state index contributed by atoms with van der Waals surface area (Å²) >= 11 is 5.68. The molecule has 0 amide bonds. The van der Waals surface area contributed by atoms with Gasteiger partial charge in [-0.05, 0) is 25.1 Å². The van der Waals surface area contributed by atoms with Crippen molar-refractivity contribution in [2.24, 2.45) is 0 Å². The van der Waals surface area contributed by atoms with E-state index < -0.39 is 28.8 Å². The number of halogens is 1. The van der Waals surface area contributed by atoms with E-state index in [9.17, 15) is 8.42 Å². The Morgan fingerprint density at radius 1 is 1.39 bits per heavy atom. The van der Waals surface area contributed by atoms with E-state index in [4.69, 9.17) is 27.5 Å². The van der Waals surface area contributed by atoms with Crippen LogP contribution in [0, 0.1) is 0 Å². The van der Waals surface area contributed by atoms with Crippen molar-refractivity contribution >= 4 is 27.3 Å². The zero-order valence-corrected chi connectivity index (χ0v) is 11.3. The Hall–Kier alpha value is -0.860. The van der Waals surface area contributed by atoms with Gasteiger partial charge in [0.05, 0.1) is 24.4 Å². The number of hydrogen-bond donors (Lipinski definition) is 4. The Kier molecular flexibility index (Phi) is 4.57. The first-order valence-corrected chi connectivity index (χ1v) is 6.91. The Morgan fingerprint density at radius 2 is 1.94 bits per heavy atom. The van der Waals surface area contributed by atoms with Crippen LogP contribution in [0.3, 0.4) is 0 Å². The first-order chi connectivity index (χ1) is 8.24. The van der Waals surface area contributed by atoms with E-state index >= 15 is 0 Å². The minimum atomic E-state index is -3.94. The maximum absolute atomic E-state index is 12.0. The molecule has 0 spiro atoms. The highest BCUT2D eigenvalue weighted by atomic mass is 35.5. The van der Waals surface area contributed by atoms with Crippen LogP contribution >= 0.6 is 11.6 Å². The third-order valence-corrected chi connectivity index (χ3v) is 4.29. The van der Waals surface area contributed by atoms with Crippen molar-refractivity contribution in [3.63, 3.8) is 0 Å². The van der Waals surface area contributed by atoms with Crippen LogP contribution in [0.15, 0.2) is 23.1 Å². The van der Waals surface area contributed by atoms with Gasteiger partial charge >= 0.3 is 0 Å². The van der Waals surface area contributed by atoms with Crippen LogP contribution in [-0.2, 0) is 10.0 Å². The number of nitrogen functional groups attached to an aromatic ring is 1. The first-order valence-electron chi connectivity index (χ1n) is 5.05. The molecule has 5 N–H and O–H groups in total. The molecule has 0 aliphatic carbocycles. The van der Waals surface area contributed by atoms with E-state index in [1.807, 2.05) is 0 Å². The SMILES string of the molecule is CC(CO)(CO)NS(=O)(=O)c1ccc(Cl)cc1N. The predicted octanol–water partition coefficient (Wildman–Crippen LogP) is -0.0562. The molecule has 0 fully saturated rings. The minimum Gasteiger partial charge on any atom is -0.398 e. The summed E-state index contributed by atoms with van der Waals surface area (Å²) in [5.74, 6) is 0. The number of aliphatic hydroxyl groups excluding tert-OH is 2. The molecule has 1 aromatic carbocycles. The molecular weight excluding hydrogens is 280 g/mol. The summed E-state index contributed by atoms with van der Waals surface area (Å²) in [7, 11) is -3.94. The van der Waals surface area contributed by atoms with Gasteiger partial charge in [0.25, 0.3) is 0 Å². The van der Waals surface area contributed by atoms with Gasteiger partial charge in [-0.2, -0.15) is 0 Å². The topological polar surface area (TPSA) is 113 Å². The van der Waals surface area contributed by atoms with Crippen molar-refractivity contribution in [3.05, 3.63) is 23.2 Å². The van der Waals surface area contributed by atoms with Gasteiger partial charge in [0.15, 0.2) is 0 Å². The molecule has 0 aliphatic heterocycles. The third-order valence-electron chi connectivity index (χ3n) is 2.34. The van der Waals surface area contributed by atoms with Crippen molar-refractivity contribution in [3.8, 4) is 0 Å². The maximum atomic E-state index is 12.0. The lowest BCUT2D eigenvalue weighted by Gasteiger charge is -2.26. The quantitative estimate of drug-likeness (QED) is 0.569. The molecular formula is C10H15ClN2O4S. The van der Waals surface area contributed by atoms with Gasteiger partial charge in [-0.3, -0.25) is 0 Å². The standard InChI is InChI=1S/C10H15ClN2O4S/c1-10(5-14,6-15)13-18(16,17)9-3-2-7(11)4-8(9)12/h2-4,13-15H,5-6,12H2,1H3. The molecule has 102 valence electrons. The van der Waals surface area contributed by atoms with E-state index in [1.54, 1.807) is 0 Å². The molecule has 0 radical (unpaired) electrons. The fraction of sp³-hybridized carbons (Fsp3) is 0.400. The van der Waals surface area contributed by atoms with E-state index in [2.05, 4.69) is 4.72 Å². The summed E-state index contributed by atoms with van der Waals surface area (Å²) in [5, 5.41) is 18.5. The lowest BCUT2D eigenvalue weighted by molar-refractivity contribution is 0.122. The Balaban J connectivity index is 3.15. The van der Waals surface area contributed by atoms with E-state index in [0.717, 1.165) is 0 Å². The molecule has 0 bridgehead atoms. The largest absolute Gasteiger partial charge is 0.398 e. The number of rotatable bonds is 5. The molecule has 6 nitrogen and oxygen atoms in total. The van der Waals surface area contributed by atoms with Crippen LogP contribution in [-0.4, -0.2) is 37.4 Å². The molecule has 0 unspecified atom stereocenters.